The summed E-state index contributed by atoms with van der Waals surface area (Å²) in [5, 5.41) is 55.4. The fourth-order valence-corrected chi connectivity index (χ4v) is 8.45. The third-order valence-electron chi connectivity index (χ3n) is 11.8. The van der Waals surface area contributed by atoms with Crippen LogP contribution in [0.25, 0.3) is 0 Å². The highest BCUT2D eigenvalue weighted by molar-refractivity contribution is 7.80. The van der Waals surface area contributed by atoms with E-state index in [-0.39, 0.29) is 6.42 Å². The van der Waals surface area contributed by atoms with Crippen LogP contribution in [-0.4, -0.2) is 107 Å². The van der Waals surface area contributed by atoms with Crippen LogP contribution in [-0.2, 0) is 28.9 Å². The molecule has 1 saturated heterocycles. The van der Waals surface area contributed by atoms with Crippen LogP contribution in [0.3, 0.4) is 0 Å². The van der Waals surface area contributed by atoms with Gasteiger partial charge in [-0.2, -0.15) is 8.42 Å². The fourth-order valence-electron chi connectivity index (χ4n) is 7.94. The number of hydrogen-bond donors (Lipinski definition) is 7. The van der Waals surface area contributed by atoms with Gasteiger partial charge in [-0.3, -0.25) is 9.35 Å². The van der Waals surface area contributed by atoms with Gasteiger partial charge in [-0.25, -0.2) is 4.18 Å². The highest BCUT2D eigenvalue weighted by Gasteiger charge is 2.48. The monoisotopic (exact) mass is 868 g/mol. The standard InChI is InChI=1S/C45H89NO12S/c1-3-5-7-9-11-13-15-17-19-20-22-24-26-28-30-32-34-39(49)44(52)46-37(36-56-45-42(51)43(58-59(53,54)55)41(50)40(35-47)57-45)38(48)33-31-29-27-25-23-21-18-16-14-12-10-8-6-4-2/h37-43,45,47-51H,3-36H2,1-2H3,(H,46,52)(H,53,54,55). The molecule has 0 saturated carbocycles. The molecule has 13 nitrogen and oxygen atoms in total. The third-order valence-corrected chi connectivity index (χ3v) is 12.2. The van der Waals surface area contributed by atoms with Gasteiger partial charge in [-0.1, -0.05) is 206 Å². The van der Waals surface area contributed by atoms with Crippen molar-refractivity contribution in [3.05, 3.63) is 0 Å². The average molecular weight is 868 g/mol. The summed E-state index contributed by atoms with van der Waals surface area (Å²) in [4.78, 5) is 13.1. The molecule has 352 valence electrons. The summed E-state index contributed by atoms with van der Waals surface area (Å²) in [5.74, 6) is -0.666. The van der Waals surface area contributed by atoms with E-state index in [1.54, 1.807) is 0 Å². The highest BCUT2D eigenvalue weighted by atomic mass is 32.3. The van der Waals surface area contributed by atoms with E-state index in [9.17, 15) is 43.3 Å². The minimum atomic E-state index is -5.10. The van der Waals surface area contributed by atoms with Crippen LogP contribution >= 0.6 is 0 Å². The summed E-state index contributed by atoms with van der Waals surface area (Å²) in [5.41, 5.74) is 0. The van der Waals surface area contributed by atoms with Crippen LogP contribution in [0.5, 0.6) is 0 Å². The first-order valence-corrected chi connectivity index (χ1v) is 25.4. The Hall–Kier alpha value is -0.940. The number of ether oxygens (including phenoxy) is 2. The van der Waals surface area contributed by atoms with Crippen LogP contribution in [0.4, 0.5) is 0 Å². The normalized spacial score (nSPS) is 21.4. The molecular weight excluding hydrogens is 779 g/mol. The lowest BCUT2D eigenvalue weighted by Crippen LogP contribution is -2.61. The number of amides is 1. The highest BCUT2D eigenvalue weighted by Crippen LogP contribution is 2.26. The summed E-state index contributed by atoms with van der Waals surface area (Å²) in [6.07, 6.45) is 25.7. The molecule has 1 aliphatic rings. The summed E-state index contributed by atoms with van der Waals surface area (Å²) >= 11 is 0. The molecule has 0 aromatic rings. The molecule has 0 radical (unpaired) electrons. The number of unbranched alkanes of at least 4 members (excludes halogenated alkanes) is 28. The van der Waals surface area contributed by atoms with Crippen LogP contribution in [0.2, 0.25) is 0 Å². The Bertz CT molecular complexity index is 1090. The van der Waals surface area contributed by atoms with E-state index >= 15 is 0 Å². The van der Waals surface area contributed by atoms with Crippen LogP contribution in [0.15, 0.2) is 0 Å². The van der Waals surface area contributed by atoms with Gasteiger partial charge in [0.05, 0.1) is 25.4 Å². The molecule has 8 unspecified atom stereocenters. The van der Waals surface area contributed by atoms with Crippen molar-refractivity contribution in [2.75, 3.05) is 13.2 Å². The van der Waals surface area contributed by atoms with E-state index in [0.29, 0.717) is 19.3 Å². The number of hydrogen-bond acceptors (Lipinski definition) is 11. The summed E-state index contributed by atoms with van der Waals surface area (Å²) in [6.45, 7) is 3.29. The zero-order chi connectivity index (χ0) is 43.6. The van der Waals surface area contributed by atoms with E-state index in [4.69, 9.17) is 9.47 Å². The minimum Gasteiger partial charge on any atom is -0.394 e. The molecule has 0 spiro atoms. The van der Waals surface area contributed by atoms with E-state index in [1.807, 2.05) is 0 Å². The van der Waals surface area contributed by atoms with Gasteiger partial charge >= 0.3 is 10.4 Å². The first-order valence-electron chi connectivity index (χ1n) is 24.0. The zero-order valence-corrected chi connectivity index (χ0v) is 38.0. The molecule has 0 bridgehead atoms. The Labute approximate surface area is 359 Å². The molecule has 59 heavy (non-hydrogen) atoms. The Morgan fingerprint density at radius 1 is 0.610 bits per heavy atom. The van der Waals surface area contributed by atoms with Crippen molar-refractivity contribution in [2.45, 2.75) is 268 Å². The molecule has 1 amide bonds. The van der Waals surface area contributed by atoms with Crippen LogP contribution in [0, 0.1) is 0 Å². The third kappa shape index (κ3) is 29.1. The second kappa shape index (κ2) is 36.5. The molecule has 1 aliphatic heterocycles. The Morgan fingerprint density at radius 3 is 1.36 bits per heavy atom. The lowest BCUT2D eigenvalue weighted by molar-refractivity contribution is -0.298. The minimum absolute atomic E-state index is 0.266. The molecular formula is C45H89NO12S. The lowest BCUT2D eigenvalue weighted by atomic mass is 9.99. The Balaban J connectivity index is 2.53. The van der Waals surface area contributed by atoms with E-state index in [0.717, 1.165) is 38.5 Å². The maximum absolute atomic E-state index is 13.1. The number of rotatable bonds is 41. The Morgan fingerprint density at radius 2 is 0.983 bits per heavy atom. The molecule has 8 atom stereocenters. The van der Waals surface area contributed by atoms with Crippen molar-refractivity contribution in [1.29, 1.82) is 0 Å². The van der Waals surface area contributed by atoms with Crippen LogP contribution in [0.1, 0.15) is 219 Å². The zero-order valence-electron chi connectivity index (χ0n) is 37.2. The number of carbonyl (C=O) groups excluding carboxylic acids is 1. The van der Waals surface area contributed by atoms with Gasteiger partial charge in [0.2, 0.25) is 5.91 Å². The first-order chi connectivity index (χ1) is 28.4. The van der Waals surface area contributed by atoms with Gasteiger partial charge < -0.3 is 40.3 Å². The average Bonchev–Trinajstić information content (AvgIpc) is 3.20. The SMILES string of the molecule is CCCCCCCCCCCCCCCCCCC(O)C(=O)NC(COC1OC(CO)C(O)C(OS(=O)(=O)O)C1O)C(O)CCCCCCCCCCCCCCCC. The molecule has 14 heteroatoms. The van der Waals surface area contributed by atoms with Gasteiger partial charge in [0.15, 0.2) is 6.29 Å². The van der Waals surface area contributed by atoms with Crippen molar-refractivity contribution < 1.29 is 57.0 Å². The predicted octanol–water partition coefficient (Wildman–Crippen LogP) is 8.36. The second-order valence-corrected chi connectivity index (χ2v) is 18.3. The van der Waals surface area contributed by atoms with Crippen molar-refractivity contribution >= 4 is 16.3 Å². The van der Waals surface area contributed by atoms with Crippen molar-refractivity contribution in [3.63, 3.8) is 0 Å². The van der Waals surface area contributed by atoms with Gasteiger partial charge in [-0.15, -0.1) is 0 Å². The number of aliphatic hydroxyl groups is 5. The molecule has 0 aliphatic carbocycles. The first kappa shape index (κ1) is 56.1. The van der Waals surface area contributed by atoms with Gasteiger partial charge in [0.25, 0.3) is 0 Å². The topological polar surface area (TPSA) is 212 Å². The lowest BCUT2D eigenvalue weighted by Gasteiger charge is -2.41. The van der Waals surface area contributed by atoms with Crippen LogP contribution < -0.4 is 5.32 Å². The van der Waals surface area contributed by atoms with Gasteiger partial charge in [-0.05, 0) is 12.8 Å². The smallest absolute Gasteiger partial charge is 0.394 e. The molecule has 0 aromatic heterocycles. The molecule has 1 fully saturated rings. The van der Waals surface area contributed by atoms with Crippen molar-refractivity contribution in [1.82, 2.24) is 5.32 Å². The summed E-state index contributed by atoms with van der Waals surface area (Å²) in [6, 6.07) is -1.03. The number of nitrogens with one attached hydrogen (secondary N) is 1. The molecule has 7 N–H and O–H groups in total. The van der Waals surface area contributed by atoms with Crippen molar-refractivity contribution in [2.24, 2.45) is 0 Å². The van der Waals surface area contributed by atoms with Crippen molar-refractivity contribution in [3.8, 4) is 0 Å². The fraction of sp³-hybridized carbons (Fsp3) is 0.978. The Kier molecular flexibility index (Phi) is 34.7. The number of carbonyl (C=O) groups is 1. The van der Waals surface area contributed by atoms with Gasteiger partial charge in [0.1, 0.15) is 30.5 Å². The largest absolute Gasteiger partial charge is 0.397 e. The summed E-state index contributed by atoms with van der Waals surface area (Å²) < 4.78 is 47.6. The van der Waals surface area contributed by atoms with E-state index in [1.165, 1.54) is 141 Å². The predicted molar refractivity (Wildman–Crippen MR) is 233 cm³/mol. The maximum atomic E-state index is 13.1. The second-order valence-electron chi connectivity index (χ2n) is 17.2. The number of aliphatic hydroxyl groups excluding tert-OH is 5. The van der Waals surface area contributed by atoms with Gasteiger partial charge in [0, 0.05) is 0 Å². The van der Waals surface area contributed by atoms with E-state index < -0.39 is 78.5 Å². The molecule has 1 rings (SSSR count). The van der Waals surface area contributed by atoms with E-state index in [2.05, 4.69) is 23.3 Å². The molecule has 1 heterocycles. The molecule has 0 aromatic carbocycles. The summed E-state index contributed by atoms with van der Waals surface area (Å²) in [7, 11) is -5.10. The quantitative estimate of drug-likeness (QED) is 0.0228. The maximum Gasteiger partial charge on any atom is 0.397 e.